The van der Waals surface area contributed by atoms with Crippen LogP contribution in [-0.4, -0.2) is 12.2 Å². The standard InChI is InChI=1S/C15H15Cl2NO2/c1-9(10-4-3-5-12(6-10)20-2)18-11-7-13(16)15(19)14(17)8-11/h3-9,18-19H,1-2H3. The van der Waals surface area contributed by atoms with Gasteiger partial charge in [0.15, 0.2) is 5.75 Å². The minimum atomic E-state index is -0.104. The minimum Gasteiger partial charge on any atom is -0.505 e. The van der Waals surface area contributed by atoms with Crippen molar-refractivity contribution in [2.75, 3.05) is 12.4 Å². The van der Waals surface area contributed by atoms with E-state index in [2.05, 4.69) is 5.32 Å². The Bertz CT molecular complexity index is 594. The number of anilines is 1. The van der Waals surface area contributed by atoms with E-state index >= 15 is 0 Å². The summed E-state index contributed by atoms with van der Waals surface area (Å²) in [7, 11) is 1.64. The molecule has 2 N–H and O–H groups in total. The molecule has 0 fully saturated rings. The van der Waals surface area contributed by atoms with E-state index in [9.17, 15) is 5.11 Å². The van der Waals surface area contributed by atoms with Crippen LogP contribution in [0.15, 0.2) is 36.4 Å². The number of hydrogen-bond donors (Lipinski definition) is 2. The molecule has 106 valence electrons. The molecule has 0 aliphatic carbocycles. The van der Waals surface area contributed by atoms with Crippen LogP contribution in [-0.2, 0) is 0 Å². The fourth-order valence-corrected chi connectivity index (χ4v) is 2.38. The highest BCUT2D eigenvalue weighted by Crippen LogP contribution is 2.35. The Morgan fingerprint density at radius 2 is 1.80 bits per heavy atom. The highest BCUT2D eigenvalue weighted by atomic mass is 35.5. The Hall–Kier alpha value is -1.58. The summed E-state index contributed by atoms with van der Waals surface area (Å²) in [5.41, 5.74) is 1.82. The summed E-state index contributed by atoms with van der Waals surface area (Å²) in [6, 6.07) is 11.1. The molecular formula is C15H15Cl2NO2. The maximum absolute atomic E-state index is 9.54. The van der Waals surface area contributed by atoms with E-state index in [1.807, 2.05) is 31.2 Å². The van der Waals surface area contributed by atoms with Crippen molar-refractivity contribution in [1.29, 1.82) is 0 Å². The van der Waals surface area contributed by atoms with Gasteiger partial charge in [-0.1, -0.05) is 35.3 Å². The van der Waals surface area contributed by atoms with E-state index in [0.29, 0.717) is 0 Å². The Balaban J connectivity index is 2.20. The summed E-state index contributed by atoms with van der Waals surface area (Å²) in [5.74, 6) is 0.700. The zero-order chi connectivity index (χ0) is 14.7. The predicted octanol–water partition coefficient (Wildman–Crippen LogP) is 4.88. The van der Waals surface area contributed by atoms with E-state index in [-0.39, 0.29) is 21.8 Å². The summed E-state index contributed by atoms with van der Waals surface area (Å²) in [6.45, 7) is 2.02. The molecule has 0 aliphatic rings. The normalized spacial score (nSPS) is 12.0. The monoisotopic (exact) mass is 311 g/mol. The second-order valence-electron chi connectivity index (χ2n) is 4.43. The number of aromatic hydroxyl groups is 1. The smallest absolute Gasteiger partial charge is 0.152 e. The van der Waals surface area contributed by atoms with Gasteiger partial charge in [0.1, 0.15) is 5.75 Å². The lowest BCUT2D eigenvalue weighted by Gasteiger charge is -2.17. The third kappa shape index (κ3) is 3.30. The van der Waals surface area contributed by atoms with Gasteiger partial charge >= 0.3 is 0 Å². The molecule has 2 aromatic carbocycles. The van der Waals surface area contributed by atoms with Gasteiger partial charge in [-0.25, -0.2) is 0 Å². The van der Waals surface area contributed by atoms with Crippen LogP contribution in [0.4, 0.5) is 5.69 Å². The average Bonchev–Trinajstić information content (AvgIpc) is 2.44. The van der Waals surface area contributed by atoms with Crippen molar-refractivity contribution >= 4 is 28.9 Å². The summed E-state index contributed by atoms with van der Waals surface area (Å²) in [6.07, 6.45) is 0. The molecule has 0 aromatic heterocycles. The van der Waals surface area contributed by atoms with Gasteiger partial charge in [0.25, 0.3) is 0 Å². The van der Waals surface area contributed by atoms with Gasteiger partial charge in [0.05, 0.1) is 17.2 Å². The molecule has 2 aromatic rings. The number of phenolic OH excluding ortho intramolecular Hbond substituents is 1. The summed E-state index contributed by atoms with van der Waals surface area (Å²) >= 11 is 11.8. The number of phenols is 1. The molecule has 0 spiro atoms. The zero-order valence-corrected chi connectivity index (χ0v) is 12.7. The van der Waals surface area contributed by atoms with E-state index in [1.54, 1.807) is 19.2 Å². The summed E-state index contributed by atoms with van der Waals surface area (Å²) in [4.78, 5) is 0. The van der Waals surface area contributed by atoms with E-state index in [0.717, 1.165) is 17.0 Å². The quantitative estimate of drug-likeness (QED) is 0.791. The molecule has 0 bridgehead atoms. The lowest BCUT2D eigenvalue weighted by atomic mass is 10.1. The van der Waals surface area contributed by atoms with Crippen LogP contribution in [0.3, 0.4) is 0 Å². The van der Waals surface area contributed by atoms with E-state index in [1.165, 1.54) is 0 Å². The van der Waals surface area contributed by atoms with Crippen molar-refractivity contribution in [2.45, 2.75) is 13.0 Å². The molecular weight excluding hydrogens is 297 g/mol. The Kier molecular flexibility index (Phi) is 4.63. The highest BCUT2D eigenvalue weighted by molar-refractivity contribution is 6.37. The SMILES string of the molecule is COc1cccc(C(C)Nc2cc(Cl)c(O)c(Cl)c2)c1. The van der Waals surface area contributed by atoms with Crippen LogP contribution in [0.5, 0.6) is 11.5 Å². The molecule has 1 atom stereocenters. The van der Waals surface area contributed by atoms with Gasteiger partial charge in [-0.2, -0.15) is 0 Å². The lowest BCUT2D eigenvalue weighted by Crippen LogP contribution is -2.06. The summed E-state index contributed by atoms with van der Waals surface area (Å²) < 4.78 is 5.21. The molecule has 3 nitrogen and oxygen atoms in total. The molecule has 0 heterocycles. The minimum absolute atomic E-state index is 0.0433. The number of nitrogens with one attached hydrogen (secondary N) is 1. The molecule has 2 rings (SSSR count). The highest BCUT2D eigenvalue weighted by Gasteiger charge is 2.10. The average molecular weight is 312 g/mol. The van der Waals surface area contributed by atoms with Gasteiger partial charge in [0, 0.05) is 11.7 Å². The van der Waals surface area contributed by atoms with Crippen molar-refractivity contribution in [3.63, 3.8) is 0 Å². The molecule has 5 heteroatoms. The van der Waals surface area contributed by atoms with Crippen LogP contribution in [0, 0.1) is 0 Å². The predicted molar refractivity (Wildman–Crippen MR) is 83.2 cm³/mol. The number of ether oxygens (including phenoxy) is 1. The van der Waals surface area contributed by atoms with Crippen LogP contribution in [0.1, 0.15) is 18.5 Å². The topological polar surface area (TPSA) is 41.5 Å². The molecule has 20 heavy (non-hydrogen) atoms. The van der Waals surface area contributed by atoms with Crippen LogP contribution in [0.2, 0.25) is 10.0 Å². The zero-order valence-electron chi connectivity index (χ0n) is 11.2. The third-order valence-electron chi connectivity index (χ3n) is 2.99. The molecule has 1 unspecified atom stereocenters. The van der Waals surface area contributed by atoms with Crippen LogP contribution >= 0.6 is 23.2 Å². The number of methoxy groups -OCH3 is 1. The number of hydrogen-bond acceptors (Lipinski definition) is 3. The van der Waals surface area contributed by atoms with Crippen molar-refractivity contribution in [1.82, 2.24) is 0 Å². The number of rotatable bonds is 4. The van der Waals surface area contributed by atoms with Crippen molar-refractivity contribution in [2.24, 2.45) is 0 Å². The van der Waals surface area contributed by atoms with E-state index in [4.69, 9.17) is 27.9 Å². The van der Waals surface area contributed by atoms with Crippen LogP contribution in [0.25, 0.3) is 0 Å². The Labute approximate surface area is 128 Å². The van der Waals surface area contributed by atoms with Crippen LogP contribution < -0.4 is 10.1 Å². The van der Waals surface area contributed by atoms with Gasteiger partial charge in [-0.15, -0.1) is 0 Å². The van der Waals surface area contributed by atoms with E-state index < -0.39 is 0 Å². The second kappa shape index (κ2) is 6.25. The molecule has 0 radical (unpaired) electrons. The Morgan fingerprint density at radius 3 is 2.40 bits per heavy atom. The summed E-state index contributed by atoms with van der Waals surface area (Å²) in [5, 5.41) is 13.3. The molecule has 0 aliphatic heterocycles. The first-order valence-corrected chi connectivity index (χ1v) is 6.85. The Morgan fingerprint density at radius 1 is 1.15 bits per heavy atom. The van der Waals surface area contributed by atoms with Gasteiger partial charge in [0.2, 0.25) is 0 Å². The van der Waals surface area contributed by atoms with Crippen molar-refractivity contribution < 1.29 is 9.84 Å². The van der Waals surface area contributed by atoms with Gasteiger partial charge in [-0.05, 0) is 36.8 Å². The fraction of sp³-hybridized carbons (Fsp3) is 0.200. The fourth-order valence-electron chi connectivity index (χ4n) is 1.89. The molecule has 0 saturated heterocycles. The second-order valence-corrected chi connectivity index (χ2v) is 5.25. The first-order valence-electron chi connectivity index (χ1n) is 6.09. The molecule has 0 amide bonds. The first kappa shape index (κ1) is 14.8. The van der Waals surface area contributed by atoms with Gasteiger partial charge in [-0.3, -0.25) is 0 Å². The largest absolute Gasteiger partial charge is 0.505 e. The lowest BCUT2D eigenvalue weighted by molar-refractivity contribution is 0.414. The van der Waals surface area contributed by atoms with Gasteiger partial charge < -0.3 is 15.2 Å². The number of benzene rings is 2. The first-order chi connectivity index (χ1) is 9.51. The van der Waals surface area contributed by atoms with Crippen molar-refractivity contribution in [3.8, 4) is 11.5 Å². The maximum Gasteiger partial charge on any atom is 0.152 e. The van der Waals surface area contributed by atoms with Crippen molar-refractivity contribution in [3.05, 3.63) is 52.0 Å². The number of halogens is 2. The molecule has 0 saturated carbocycles. The third-order valence-corrected chi connectivity index (χ3v) is 3.57. The maximum atomic E-state index is 9.54.